The zero-order valence-electron chi connectivity index (χ0n) is 11.5. The molecule has 0 amide bonds. The Morgan fingerprint density at radius 2 is 2.11 bits per heavy atom. The molecule has 1 saturated heterocycles. The highest BCUT2D eigenvalue weighted by molar-refractivity contribution is 5.57. The molecule has 1 aromatic carbocycles. The minimum Gasteiger partial charge on any atom is -0.485 e. The summed E-state index contributed by atoms with van der Waals surface area (Å²) >= 11 is 0. The summed E-state index contributed by atoms with van der Waals surface area (Å²) in [4.78, 5) is 2.44. The van der Waals surface area contributed by atoms with Crippen molar-refractivity contribution in [2.45, 2.75) is 38.8 Å². The van der Waals surface area contributed by atoms with Gasteiger partial charge in [-0.25, -0.2) is 0 Å². The van der Waals surface area contributed by atoms with Crippen molar-refractivity contribution in [1.82, 2.24) is 4.90 Å². The van der Waals surface area contributed by atoms with E-state index in [-0.39, 0.29) is 5.60 Å². The van der Waals surface area contributed by atoms with Crippen molar-refractivity contribution in [2.24, 2.45) is 0 Å². The first kappa shape index (κ1) is 11.8. The van der Waals surface area contributed by atoms with Gasteiger partial charge >= 0.3 is 0 Å². The third kappa shape index (κ3) is 2.07. The van der Waals surface area contributed by atoms with Gasteiger partial charge in [0.15, 0.2) is 0 Å². The van der Waals surface area contributed by atoms with Crippen molar-refractivity contribution < 1.29 is 4.74 Å². The lowest BCUT2D eigenvalue weighted by Gasteiger charge is -2.49. The molecule has 18 heavy (non-hydrogen) atoms. The highest BCUT2D eigenvalue weighted by atomic mass is 16.5. The van der Waals surface area contributed by atoms with Crippen LogP contribution < -0.4 is 10.1 Å². The summed E-state index contributed by atoms with van der Waals surface area (Å²) in [5, 5.41) is 3.38. The predicted molar refractivity (Wildman–Crippen MR) is 74.4 cm³/mol. The van der Waals surface area contributed by atoms with Gasteiger partial charge in [-0.15, -0.1) is 0 Å². The van der Waals surface area contributed by atoms with Gasteiger partial charge in [0.1, 0.15) is 11.4 Å². The second kappa shape index (κ2) is 4.16. The number of fused-ring (bicyclic) bond motifs is 1. The summed E-state index contributed by atoms with van der Waals surface area (Å²) < 4.78 is 6.17. The van der Waals surface area contributed by atoms with Crippen LogP contribution in [0.25, 0.3) is 0 Å². The second-order valence-corrected chi connectivity index (χ2v) is 6.05. The predicted octanol–water partition coefficient (Wildman–Crippen LogP) is 2.52. The van der Waals surface area contributed by atoms with E-state index in [2.05, 4.69) is 49.2 Å². The van der Waals surface area contributed by atoms with E-state index >= 15 is 0 Å². The maximum atomic E-state index is 6.17. The van der Waals surface area contributed by atoms with E-state index in [0.29, 0.717) is 6.04 Å². The minimum atomic E-state index is -0.00939. The number of hydrogen-bond donors (Lipinski definition) is 1. The summed E-state index contributed by atoms with van der Waals surface area (Å²) in [7, 11) is 0. The van der Waals surface area contributed by atoms with Gasteiger partial charge in [0, 0.05) is 31.4 Å². The van der Waals surface area contributed by atoms with Gasteiger partial charge in [-0.3, -0.25) is 4.90 Å². The number of ether oxygens (including phenoxy) is 1. The number of likely N-dealkylation sites (tertiary alicyclic amines) is 1. The smallest absolute Gasteiger partial charge is 0.131 e. The standard InChI is InChI=1S/C15H22N2O/c1-11(2)17-9-15(3,10-17)18-13-4-5-14-12(8-13)6-7-16-14/h4-5,8,11,16H,6-7,9-10H2,1-3H3. The molecule has 2 heterocycles. The number of hydrogen-bond acceptors (Lipinski definition) is 3. The normalized spacial score (nSPS) is 21.3. The first-order valence-corrected chi connectivity index (χ1v) is 6.86. The molecule has 1 fully saturated rings. The van der Waals surface area contributed by atoms with Crippen LogP contribution in [0.2, 0.25) is 0 Å². The van der Waals surface area contributed by atoms with Crippen LogP contribution in [0.15, 0.2) is 18.2 Å². The van der Waals surface area contributed by atoms with Crippen molar-refractivity contribution in [1.29, 1.82) is 0 Å². The molecule has 0 saturated carbocycles. The van der Waals surface area contributed by atoms with E-state index in [1.54, 1.807) is 0 Å². The molecule has 0 spiro atoms. The fourth-order valence-electron chi connectivity index (χ4n) is 2.87. The van der Waals surface area contributed by atoms with Crippen LogP contribution in [0.3, 0.4) is 0 Å². The number of rotatable bonds is 3. The Bertz CT molecular complexity index is 450. The van der Waals surface area contributed by atoms with E-state index in [4.69, 9.17) is 4.74 Å². The van der Waals surface area contributed by atoms with Gasteiger partial charge in [-0.2, -0.15) is 0 Å². The number of anilines is 1. The molecule has 1 aromatic rings. The minimum absolute atomic E-state index is 0.00939. The molecule has 98 valence electrons. The van der Waals surface area contributed by atoms with Crippen LogP contribution >= 0.6 is 0 Å². The molecule has 0 bridgehead atoms. The van der Waals surface area contributed by atoms with Gasteiger partial charge < -0.3 is 10.1 Å². The molecule has 0 unspecified atom stereocenters. The highest BCUT2D eigenvalue weighted by Crippen LogP contribution is 2.32. The average molecular weight is 246 g/mol. The molecular weight excluding hydrogens is 224 g/mol. The van der Waals surface area contributed by atoms with Crippen LogP contribution in [0.1, 0.15) is 26.3 Å². The molecule has 0 aromatic heterocycles. The zero-order valence-corrected chi connectivity index (χ0v) is 11.5. The van der Waals surface area contributed by atoms with E-state index in [0.717, 1.165) is 31.8 Å². The lowest BCUT2D eigenvalue weighted by molar-refractivity contribution is -0.0775. The van der Waals surface area contributed by atoms with E-state index in [1.165, 1.54) is 11.3 Å². The zero-order chi connectivity index (χ0) is 12.8. The van der Waals surface area contributed by atoms with E-state index in [9.17, 15) is 0 Å². The maximum absolute atomic E-state index is 6.17. The Balaban J connectivity index is 1.67. The molecule has 3 rings (SSSR count). The third-order valence-electron chi connectivity index (χ3n) is 3.96. The summed E-state index contributed by atoms with van der Waals surface area (Å²) in [5.74, 6) is 1.02. The Morgan fingerprint density at radius 1 is 1.33 bits per heavy atom. The lowest BCUT2D eigenvalue weighted by Crippen LogP contribution is -2.64. The quantitative estimate of drug-likeness (QED) is 0.887. The van der Waals surface area contributed by atoms with Crippen molar-refractivity contribution in [3.8, 4) is 5.75 Å². The average Bonchev–Trinajstić information content (AvgIpc) is 2.72. The number of nitrogens with zero attached hydrogens (tertiary/aromatic N) is 1. The molecular formula is C15H22N2O. The summed E-state index contributed by atoms with van der Waals surface area (Å²) in [6.45, 7) is 9.79. The van der Waals surface area contributed by atoms with Gasteiger partial charge in [0.2, 0.25) is 0 Å². The molecule has 3 nitrogen and oxygen atoms in total. The summed E-state index contributed by atoms with van der Waals surface area (Å²) in [6.07, 6.45) is 1.11. The van der Waals surface area contributed by atoms with E-state index in [1.807, 2.05) is 0 Å². The van der Waals surface area contributed by atoms with E-state index < -0.39 is 0 Å². The maximum Gasteiger partial charge on any atom is 0.131 e. The first-order valence-electron chi connectivity index (χ1n) is 6.86. The van der Waals surface area contributed by atoms with Crippen LogP contribution in [-0.2, 0) is 6.42 Å². The number of benzene rings is 1. The topological polar surface area (TPSA) is 24.5 Å². The monoisotopic (exact) mass is 246 g/mol. The van der Waals surface area contributed by atoms with Crippen molar-refractivity contribution >= 4 is 5.69 Å². The summed E-state index contributed by atoms with van der Waals surface area (Å²) in [6, 6.07) is 7.03. The fourth-order valence-corrected chi connectivity index (χ4v) is 2.87. The Kier molecular flexibility index (Phi) is 2.74. The molecule has 0 atom stereocenters. The Hall–Kier alpha value is -1.22. The number of nitrogens with one attached hydrogen (secondary N) is 1. The van der Waals surface area contributed by atoms with Gasteiger partial charge in [-0.05, 0) is 51.0 Å². The Morgan fingerprint density at radius 3 is 2.83 bits per heavy atom. The molecule has 2 aliphatic rings. The summed E-state index contributed by atoms with van der Waals surface area (Å²) in [5.41, 5.74) is 2.64. The second-order valence-electron chi connectivity index (χ2n) is 6.05. The SMILES string of the molecule is CC(C)N1CC(C)(Oc2ccc3c(c2)CCN3)C1. The van der Waals surface area contributed by atoms with Gasteiger partial charge in [0.25, 0.3) is 0 Å². The molecule has 0 aliphatic carbocycles. The van der Waals surface area contributed by atoms with Crippen molar-refractivity contribution in [2.75, 3.05) is 25.0 Å². The molecule has 1 N–H and O–H groups in total. The van der Waals surface area contributed by atoms with Gasteiger partial charge in [-0.1, -0.05) is 0 Å². The molecule has 0 radical (unpaired) electrons. The van der Waals surface area contributed by atoms with Crippen molar-refractivity contribution in [3.05, 3.63) is 23.8 Å². The first-order chi connectivity index (χ1) is 8.56. The van der Waals surface area contributed by atoms with Crippen molar-refractivity contribution in [3.63, 3.8) is 0 Å². The Labute approximate surface area is 109 Å². The fraction of sp³-hybridized carbons (Fsp3) is 0.600. The van der Waals surface area contributed by atoms with Crippen LogP contribution in [0.4, 0.5) is 5.69 Å². The van der Waals surface area contributed by atoms with Crippen LogP contribution in [-0.4, -0.2) is 36.2 Å². The van der Waals surface area contributed by atoms with Gasteiger partial charge in [0.05, 0.1) is 0 Å². The molecule has 3 heteroatoms. The van der Waals surface area contributed by atoms with Crippen LogP contribution in [0, 0.1) is 0 Å². The largest absolute Gasteiger partial charge is 0.485 e. The van der Waals surface area contributed by atoms with Crippen LogP contribution in [0.5, 0.6) is 5.75 Å². The molecule has 2 aliphatic heterocycles. The third-order valence-corrected chi connectivity index (χ3v) is 3.96. The lowest BCUT2D eigenvalue weighted by atomic mass is 9.94. The highest BCUT2D eigenvalue weighted by Gasteiger charge is 2.41.